The van der Waals surface area contributed by atoms with Crippen LogP contribution in [0, 0.1) is 5.82 Å². The first-order valence-electron chi connectivity index (χ1n) is 10.8. The van der Waals surface area contributed by atoms with E-state index < -0.39 is 0 Å². The molecule has 1 saturated heterocycles. The highest BCUT2D eigenvalue weighted by atomic mass is 19.1. The average molecular weight is 419 g/mol. The van der Waals surface area contributed by atoms with Crippen molar-refractivity contribution >= 4 is 11.6 Å². The lowest BCUT2D eigenvalue weighted by atomic mass is 9.92. The number of anilines is 1. The van der Waals surface area contributed by atoms with E-state index in [0.717, 1.165) is 54.0 Å². The Morgan fingerprint density at radius 1 is 0.968 bits per heavy atom. The molecule has 1 aliphatic rings. The van der Waals surface area contributed by atoms with Gasteiger partial charge in [0, 0.05) is 42.4 Å². The van der Waals surface area contributed by atoms with Crippen LogP contribution in [0.5, 0.6) is 0 Å². The van der Waals surface area contributed by atoms with Gasteiger partial charge >= 0.3 is 0 Å². The van der Waals surface area contributed by atoms with Gasteiger partial charge in [-0.1, -0.05) is 54.6 Å². The first-order valence-corrected chi connectivity index (χ1v) is 10.8. The smallest absolute Gasteiger partial charge is 0.221 e. The molecule has 1 fully saturated rings. The number of nitrogens with one attached hydrogen (secondary N) is 2. The number of hydrogen-bond donors (Lipinski definition) is 2. The van der Waals surface area contributed by atoms with E-state index in [9.17, 15) is 9.18 Å². The molecule has 0 spiro atoms. The van der Waals surface area contributed by atoms with Crippen LogP contribution in [0.4, 0.5) is 10.1 Å². The Bertz CT molecular complexity index is 1010. The van der Waals surface area contributed by atoms with Crippen molar-refractivity contribution in [1.82, 2.24) is 5.32 Å². The third kappa shape index (κ3) is 5.01. The van der Waals surface area contributed by atoms with Crippen LogP contribution in [0.25, 0.3) is 0 Å². The molecule has 160 valence electrons. The fourth-order valence-corrected chi connectivity index (χ4v) is 4.75. The van der Waals surface area contributed by atoms with Gasteiger partial charge in [0.25, 0.3) is 0 Å². The SMILES string of the molecule is CC(=O)Nc1ccc(C(c2cccc(F)c2)[N+]2(Cc3ccccc3)CCNCC2)cc1. The number of halogens is 1. The first-order chi connectivity index (χ1) is 15.1. The van der Waals surface area contributed by atoms with E-state index in [4.69, 9.17) is 0 Å². The van der Waals surface area contributed by atoms with Gasteiger partial charge in [-0.2, -0.15) is 0 Å². The second kappa shape index (κ2) is 9.41. The molecule has 0 saturated carbocycles. The fraction of sp³-hybridized carbons (Fsp3) is 0.269. The van der Waals surface area contributed by atoms with E-state index in [1.165, 1.54) is 18.6 Å². The molecule has 0 radical (unpaired) electrons. The largest absolute Gasteiger partial charge is 0.326 e. The zero-order valence-electron chi connectivity index (χ0n) is 17.9. The molecular weight excluding hydrogens is 389 g/mol. The summed E-state index contributed by atoms with van der Waals surface area (Å²) in [5, 5.41) is 6.32. The van der Waals surface area contributed by atoms with E-state index in [-0.39, 0.29) is 17.8 Å². The summed E-state index contributed by atoms with van der Waals surface area (Å²) in [5.41, 5.74) is 4.15. The number of carbonyl (C=O) groups is 1. The zero-order chi connectivity index (χ0) is 21.7. The number of rotatable bonds is 6. The molecule has 1 unspecified atom stereocenters. The van der Waals surface area contributed by atoms with Crippen molar-refractivity contribution in [3.05, 3.63) is 101 Å². The summed E-state index contributed by atoms with van der Waals surface area (Å²) in [4.78, 5) is 11.4. The summed E-state index contributed by atoms with van der Waals surface area (Å²) in [5.74, 6) is -0.311. The van der Waals surface area contributed by atoms with Crippen molar-refractivity contribution < 1.29 is 13.7 Å². The van der Waals surface area contributed by atoms with E-state index in [2.05, 4.69) is 47.0 Å². The first kappa shape index (κ1) is 21.2. The number of hydrogen-bond acceptors (Lipinski definition) is 2. The Hall–Kier alpha value is -3.02. The highest BCUT2D eigenvalue weighted by molar-refractivity contribution is 5.88. The van der Waals surface area contributed by atoms with Crippen molar-refractivity contribution in [1.29, 1.82) is 0 Å². The minimum absolute atomic E-state index is 0.00983. The quantitative estimate of drug-likeness (QED) is 0.579. The molecule has 4 nitrogen and oxygen atoms in total. The minimum atomic E-state index is -0.217. The summed E-state index contributed by atoms with van der Waals surface area (Å²) < 4.78 is 15.1. The van der Waals surface area contributed by atoms with Gasteiger partial charge in [0.15, 0.2) is 0 Å². The van der Waals surface area contributed by atoms with Gasteiger partial charge in [-0.3, -0.25) is 4.79 Å². The Morgan fingerprint density at radius 2 is 1.68 bits per heavy atom. The maximum Gasteiger partial charge on any atom is 0.221 e. The highest BCUT2D eigenvalue weighted by Gasteiger charge is 2.40. The van der Waals surface area contributed by atoms with Crippen LogP contribution < -0.4 is 10.6 Å². The zero-order valence-corrected chi connectivity index (χ0v) is 17.9. The molecule has 0 aromatic heterocycles. The van der Waals surface area contributed by atoms with Crippen molar-refractivity contribution in [2.45, 2.75) is 19.5 Å². The lowest BCUT2D eigenvalue weighted by molar-refractivity contribution is -0.965. The number of benzene rings is 3. The van der Waals surface area contributed by atoms with E-state index in [1.54, 1.807) is 12.1 Å². The fourth-order valence-electron chi connectivity index (χ4n) is 4.75. The molecular formula is C26H29FN3O+. The maximum absolute atomic E-state index is 14.3. The van der Waals surface area contributed by atoms with Crippen molar-refractivity contribution in [2.75, 3.05) is 31.5 Å². The molecule has 5 heteroatoms. The molecule has 31 heavy (non-hydrogen) atoms. The van der Waals surface area contributed by atoms with Gasteiger partial charge < -0.3 is 15.1 Å². The van der Waals surface area contributed by atoms with E-state index in [1.807, 2.05) is 24.3 Å². The Labute approximate surface area is 183 Å². The number of amides is 1. The number of piperazine rings is 1. The van der Waals surface area contributed by atoms with Crippen LogP contribution in [-0.4, -0.2) is 36.6 Å². The number of carbonyl (C=O) groups excluding carboxylic acids is 1. The molecule has 3 aromatic carbocycles. The van der Waals surface area contributed by atoms with Crippen LogP contribution in [0.1, 0.15) is 29.7 Å². The van der Waals surface area contributed by atoms with Crippen LogP contribution in [0.2, 0.25) is 0 Å². The lowest BCUT2D eigenvalue weighted by Gasteiger charge is -2.48. The van der Waals surface area contributed by atoms with Gasteiger partial charge in [0.05, 0.1) is 13.1 Å². The number of nitrogens with zero attached hydrogens (tertiary/aromatic N) is 1. The summed E-state index contributed by atoms with van der Waals surface area (Å²) >= 11 is 0. The Balaban J connectivity index is 1.80. The van der Waals surface area contributed by atoms with Crippen LogP contribution in [0.15, 0.2) is 78.9 Å². The van der Waals surface area contributed by atoms with E-state index in [0.29, 0.717) is 0 Å². The average Bonchev–Trinajstić information content (AvgIpc) is 2.76. The molecule has 1 atom stereocenters. The monoisotopic (exact) mass is 418 g/mol. The van der Waals surface area contributed by atoms with Crippen molar-refractivity contribution in [2.24, 2.45) is 0 Å². The summed E-state index contributed by atoms with van der Waals surface area (Å²) in [7, 11) is 0. The topological polar surface area (TPSA) is 41.1 Å². The predicted molar refractivity (Wildman–Crippen MR) is 122 cm³/mol. The molecule has 1 heterocycles. The van der Waals surface area contributed by atoms with Crippen LogP contribution >= 0.6 is 0 Å². The Kier molecular flexibility index (Phi) is 6.44. The third-order valence-electron chi connectivity index (χ3n) is 6.07. The van der Waals surface area contributed by atoms with Crippen LogP contribution in [-0.2, 0) is 11.3 Å². The van der Waals surface area contributed by atoms with Gasteiger partial charge in [0.1, 0.15) is 18.4 Å². The molecule has 1 aliphatic heterocycles. The molecule has 3 aromatic rings. The van der Waals surface area contributed by atoms with Gasteiger partial charge in [-0.05, 0) is 24.3 Å². The summed E-state index contributed by atoms with van der Waals surface area (Å²) in [6.07, 6.45) is 0. The highest BCUT2D eigenvalue weighted by Crippen LogP contribution is 2.38. The Morgan fingerprint density at radius 3 is 2.32 bits per heavy atom. The summed E-state index contributed by atoms with van der Waals surface area (Å²) in [6, 6.07) is 25.5. The predicted octanol–water partition coefficient (Wildman–Crippen LogP) is 4.49. The second-order valence-electron chi connectivity index (χ2n) is 8.32. The van der Waals surface area contributed by atoms with Crippen molar-refractivity contribution in [3.8, 4) is 0 Å². The molecule has 0 aliphatic carbocycles. The number of quaternary nitrogens is 1. The third-order valence-corrected chi connectivity index (χ3v) is 6.07. The normalized spacial score (nSPS) is 16.5. The van der Waals surface area contributed by atoms with Gasteiger partial charge in [-0.15, -0.1) is 0 Å². The maximum atomic E-state index is 14.3. The molecule has 2 N–H and O–H groups in total. The molecule has 0 bridgehead atoms. The van der Waals surface area contributed by atoms with Crippen LogP contribution in [0.3, 0.4) is 0 Å². The van der Waals surface area contributed by atoms with Crippen molar-refractivity contribution in [3.63, 3.8) is 0 Å². The standard InChI is InChI=1S/C26H28FN3O/c1-20(31)29-25-12-10-22(11-13-25)26(23-8-5-9-24(27)18-23)30(16-14-28-15-17-30)19-21-6-3-2-4-7-21/h2-13,18,26,28H,14-17,19H2,1H3/p+1. The second-order valence-corrected chi connectivity index (χ2v) is 8.32. The summed E-state index contributed by atoms with van der Waals surface area (Å²) in [6.45, 7) is 6.11. The van der Waals surface area contributed by atoms with Gasteiger partial charge in [0.2, 0.25) is 5.91 Å². The lowest BCUT2D eigenvalue weighted by Crippen LogP contribution is -2.59. The molecule has 4 rings (SSSR count). The van der Waals surface area contributed by atoms with Gasteiger partial charge in [-0.25, -0.2) is 4.39 Å². The minimum Gasteiger partial charge on any atom is -0.326 e. The van der Waals surface area contributed by atoms with E-state index >= 15 is 0 Å². The molecule has 1 amide bonds.